The third kappa shape index (κ3) is 19.6. The quantitative estimate of drug-likeness (QED) is 0.0479. The Kier molecular flexibility index (Phi) is 26.7. The summed E-state index contributed by atoms with van der Waals surface area (Å²) in [7, 11) is 5.08. The molecule has 0 atom stereocenters. The van der Waals surface area contributed by atoms with Crippen molar-refractivity contribution in [2.24, 2.45) is 0 Å². The number of unbranched alkanes of at least 4 members (excludes halogenated alkanes) is 12. The SMILES string of the molecule is CCCCCCCC/C=C\CCCCCCCCN(CCC[Si](OC)(OC)OC)CCC[Si](OC)(OC)OC. The van der Waals surface area contributed by atoms with Crippen LogP contribution < -0.4 is 0 Å². The molecule has 0 fully saturated rings. The molecule has 0 heterocycles. The largest absolute Gasteiger partial charge is 0.500 e. The van der Waals surface area contributed by atoms with Crippen LogP contribution >= 0.6 is 0 Å². The molecule has 0 saturated heterocycles. The fourth-order valence-corrected chi connectivity index (χ4v) is 8.48. The molecule has 0 N–H and O–H groups in total. The van der Waals surface area contributed by atoms with Crippen LogP contribution in [0.2, 0.25) is 12.1 Å². The van der Waals surface area contributed by atoms with Crippen LogP contribution in [0.3, 0.4) is 0 Å². The topological polar surface area (TPSA) is 58.6 Å². The van der Waals surface area contributed by atoms with E-state index in [1.165, 1.54) is 89.9 Å². The van der Waals surface area contributed by atoms with Crippen LogP contribution in [0.25, 0.3) is 0 Å². The van der Waals surface area contributed by atoms with E-state index in [1.807, 2.05) is 0 Å². The first-order valence-corrected chi connectivity index (χ1v) is 19.6. The molecule has 0 aliphatic heterocycles. The number of hydrogen-bond donors (Lipinski definition) is 0. The van der Waals surface area contributed by atoms with Crippen LogP contribution in [0.5, 0.6) is 0 Å². The maximum Gasteiger partial charge on any atom is 0.500 e. The minimum atomic E-state index is -2.52. The van der Waals surface area contributed by atoms with Crippen molar-refractivity contribution in [3.05, 3.63) is 12.2 Å². The minimum Gasteiger partial charge on any atom is -0.377 e. The van der Waals surface area contributed by atoms with E-state index in [1.54, 1.807) is 42.7 Å². The molecule has 0 aromatic carbocycles. The molecule has 0 aliphatic carbocycles. The van der Waals surface area contributed by atoms with E-state index < -0.39 is 17.6 Å². The lowest BCUT2D eigenvalue weighted by atomic mass is 10.1. The van der Waals surface area contributed by atoms with Gasteiger partial charge in [0.05, 0.1) is 0 Å². The summed E-state index contributed by atoms with van der Waals surface area (Å²) < 4.78 is 33.7. The van der Waals surface area contributed by atoms with Gasteiger partial charge >= 0.3 is 17.6 Å². The van der Waals surface area contributed by atoms with E-state index in [2.05, 4.69) is 24.0 Å². The lowest BCUT2D eigenvalue weighted by molar-refractivity contribution is 0.119. The maximum absolute atomic E-state index is 5.61. The standard InChI is InChI=1S/C30H65NO6Si2/c1-8-9-10-11-12-13-14-15-16-17-18-19-20-21-22-23-26-31(27-24-29-38(32-2,33-3)34-4)28-25-30-39(35-5,36-6)37-7/h15-16H,8-14,17-30H2,1-7H3/b16-15-. The third-order valence-electron chi connectivity index (χ3n) is 7.77. The zero-order chi connectivity index (χ0) is 29.1. The lowest BCUT2D eigenvalue weighted by Gasteiger charge is -2.28. The average molecular weight is 592 g/mol. The Hall–Kier alpha value is -0.106. The zero-order valence-electron chi connectivity index (χ0n) is 26.9. The van der Waals surface area contributed by atoms with Gasteiger partial charge in [0.15, 0.2) is 0 Å². The summed E-state index contributed by atoms with van der Waals surface area (Å²) in [6.45, 7) is 5.42. The van der Waals surface area contributed by atoms with E-state index >= 15 is 0 Å². The van der Waals surface area contributed by atoms with E-state index in [-0.39, 0.29) is 0 Å². The van der Waals surface area contributed by atoms with Gasteiger partial charge in [0.2, 0.25) is 0 Å². The van der Waals surface area contributed by atoms with Gasteiger partial charge in [0.25, 0.3) is 0 Å². The molecule has 0 radical (unpaired) electrons. The predicted octanol–water partition coefficient (Wildman–Crippen LogP) is 7.86. The van der Waals surface area contributed by atoms with Crippen molar-refractivity contribution in [3.63, 3.8) is 0 Å². The first-order chi connectivity index (χ1) is 19.0. The summed E-state index contributed by atoms with van der Waals surface area (Å²) >= 11 is 0. The summed E-state index contributed by atoms with van der Waals surface area (Å²) in [5.74, 6) is 0. The fourth-order valence-electron chi connectivity index (χ4n) is 5.07. The fraction of sp³-hybridized carbons (Fsp3) is 0.933. The average Bonchev–Trinajstić information content (AvgIpc) is 2.97. The van der Waals surface area contributed by atoms with Gasteiger partial charge in [0, 0.05) is 54.7 Å². The van der Waals surface area contributed by atoms with Gasteiger partial charge in [-0.15, -0.1) is 0 Å². The Morgan fingerprint density at radius 2 is 0.769 bits per heavy atom. The highest BCUT2D eigenvalue weighted by molar-refractivity contribution is 6.60. The van der Waals surface area contributed by atoms with Crippen molar-refractivity contribution in [2.45, 2.75) is 122 Å². The van der Waals surface area contributed by atoms with Crippen molar-refractivity contribution >= 4 is 17.6 Å². The summed E-state index contributed by atoms with van der Waals surface area (Å²) in [5.41, 5.74) is 0. The smallest absolute Gasteiger partial charge is 0.377 e. The number of rotatable bonds is 30. The lowest BCUT2D eigenvalue weighted by Crippen LogP contribution is -2.44. The molecule has 39 heavy (non-hydrogen) atoms. The molecule has 234 valence electrons. The molecule has 0 aromatic heterocycles. The van der Waals surface area contributed by atoms with Crippen LogP contribution in [0.15, 0.2) is 12.2 Å². The second-order valence-corrected chi connectivity index (χ2v) is 16.8. The molecule has 0 aliphatic rings. The first-order valence-electron chi connectivity index (χ1n) is 15.7. The van der Waals surface area contributed by atoms with Crippen LogP contribution in [0.4, 0.5) is 0 Å². The molecule has 0 unspecified atom stereocenters. The molecule has 0 bridgehead atoms. The Bertz CT molecular complexity index is 505. The second-order valence-electron chi connectivity index (χ2n) is 10.6. The number of nitrogens with zero attached hydrogens (tertiary/aromatic N) is 1. The molecule has 0 amide bonds. The summed E-state index contributed by atoms with van der Waals surface area (Å²) in [6.07, 6.45) is 25.5. The number of hydrogen-bond acceptors (Lipinski definition) is 7. The third-order valence-corrected chi connectivity index (χ3v) is 13.4. The van der Waals surface area contributed by atoms with Crippen molar-refractivity contribution in [1.29, 1.82) is 0 Å². The molecule has 0 saturated carbocycles. The highest BCUT2D eigenvalue weighted by Gasteiger charge is 2.38. The van der Waals surface area contributed by atoms with E-state index in [0.717, 1.165) is 44.6 Å². The zero-order valence-corrected chi connectivity index (χ0v) is 28.9. The van der Waals surface area contributed by atoms with Crippen LogP contribution in [0, 0.1) is 0 Å². The minimum absolute atomic E-state index is 0.827. The second kappa shape index (κ2) is 26.8. The molecule has 0 rings (SSSR count). The van der Waals surface area contributed by atoms with Gasteiger partial charge in [-0.05, 0) is 64.6 Å². The Balaban J connectivity index is 4.22. The van der Waals surface area contributed by atoms with E-state index in [4.69, 9.17) is 26.6 Å². The van der Waals surface area contributed by atoms with Gasteiger partial charge < -0.3 is 31.5 Å². The summed E-state index contributed by atoms with van der Waals surface area (Å²) in [6, 6.07) is 1.65. The van der Waals surface area contributed by atoms with Crippen molar-refractivity contribution in [1.82, 2.24) is 4.90 Å². The van der Waals surface area contributed by atoms with Crippen LogP contribution in [0.1, 0.15) is 110 Å². The van der Waals surface area contributed by atoms with E-state index in [9.17, 15) is 0 Å². The Morgan fingerprint density at radius 3 is 1.15 bits per heavy atom. The predicted molar refractivity (Wildman–Crippen MR) is 168 cm³/mol. The van der Waals surface area contributed by atoms with Gasteiger partial charge in [-0.2, -0.15) is 0 Å². The molecule has 0 aromatic rings. The van der Waals surface area contributed by atoms with Crippen LogP contribution in [-0.2, 0) is 26.6 Å². The van der Waals surface area contributed by atoms with E-state index in [0.29, 0.717) is 0 Å². The molecular formula is C30H65NO6Si2. The van der Waals surface area contributed by atoms with Gasteiger partial charge in [0.1, 0.15) is 0 Å². The monoisotopic (exact) mass is 591 g/mol. The summed E-state index contributed by atoms with van der Waals surface area (Å²) in [5, 5.41) is 0. The number of allylic oxidation sites excluding steroid dienone is 2. The summed E-state index contributed by atoms with van der Waals surface area (Å²) in [4.78, 5) is 2.56. The maximum atomic E-state index is 5.61. The first kappa shape index (κ1) is 38.9. The van der Waals surface area contributed by atoms with Gasteiger partial charge in [-0.25, -0.2) is 0 Å². The van der Waals surface area contributed by atoms with Crippen molar-refractivity contribution in [3.8, 4) is 0 Å². The Morgan fingerprint density at radius 1 is 0.436 bits per heavy atom. The van der Waals surface area contributed by atoms with Crippen LogP contribution in [-0.4, -0.2) is 84.8 Å². The normalized spacial score (nSPS) is 12.8. The molecule has 7 nitrogen and oxygen atoms in total. The van der Waals surface area contributed by atoms with Crippen molar-refractivity contribution in [2.75, 3.05) is 62.3 Å². The Labute approximate surface area is 245 Å². The van der Waals surface area contributed by atoms with Gasteiger partial charge in [-0.1, -0.05) is 76.9 Å². The molecule has 9 heteroatoms. The highest BCUT2D eigenvalue weighted by atomic mass is 28.4. The van der Waals surface area contributed by atoms with Crippen molar-refractivity contribution < 1.29 is 26.6 Å². The molecular weight excluding hydrogens is 527 g/mol. The molecule has 0 spiro atoms. The van der Waals surface area contributed by atoms with Gasteiger partial charge in [-0.3, -0.25) is 0 Å². The highest BCUT2D eigenvalue weighted by Crippen LogP contribution is 2.18.